The second kappa shape index (κ2) is 8.76. The molecule has 1 aliphatic rings. The highest BCUT2D eigenvalue weighted by Gasteiger charge is 2.40. The van der Waals surface area contributed by atoms with Crippen LogP contribution < -0.4 is 21.9 Å². The Morgan fingerprint density at radius 3 is 2.57 bits per heavy atom. The number of aliphatic hydroxyl groups excluding tert-OH is 1. The molecule has 21 heavy (non-hydrogen) atoms. The van der Waals surface area contributed by atoms with Gasteiger partial charge >= 0.3 is 0 Å². The van der Waals surface area contributed by atoms with Crippen LogP contribution in [0.4, 0.5) is 0 Å². The summed E-state index contributed by atoms with van der Waals surface area (Å²) in [6.07, 6.45) is 3.88. The predicted octanol–water partition coefficient (Wildman–Crippen LogP) is -0.689. The average molecular weight is 301 g/mol. The summed E-state index contributed by atoms with van der Waals surface area (Å²) in [4.78, 5) is 22.3. The minimum Gasteiger partial charge on any atom is -0.548 e. The molecule has 7 nitrogen and oxygen atoms in total. The quantitative estimate of drug-likeness (QED) is 0.481. The molecule has 1 rings (SSSR count). The molecule has 0 spiro atoms. The molecule has 0 aromatic heterocycles. The molecule has 7 N–H and O–H groups in total. The van der Waals surface area contributed by atoms with Crippen molar-refractivity contribution < 1.29 is 19.8 Å². The van der Waals surface area contributed by atoms with Gasteiger partial charge in [0.25, 0.3) is 0 Å². The van der Waals surface area contributed by atoms with Crippen molar-refractivity contribution in [3.8, 4) is 0 Å². The number of rotatable bonds is 6. The van der Waals surface area contributed by atoms with Crippen molar-refractivity contribution in [2.45, 2.75) is 57.8 Å². The minimum absolute atomic E-state index is 0. The molecule has 0 aromatic carbocycles. The van der Waals surface area contributed by atoms with Crippen LogP contribution in [0.25, 0.3) is 0 Å². The maximum Gasteiger partial charge on any atom is 0.217 e. The van der Waals surface area contributed by atoms with Gasteiger partial charge in [0.2, 0.25) is 5.91 Å². The lowest BCUT2D eigenvalue weighted by molar-refractivity contribution is -0.308. The van der Waals surface area contributed by atoms with Gasteiger partial charge in [-0.15, -0.1) is 0 Å². The molecule has 1 aliphatic heterocycles. The predicted molar refractivity (Wildman–Crippen MR) is 78.5 cm³/mol. The third kappa shape index (κ3) is 5.11. The van der Waals surface area contributed by atoms with E-state index in [0.717, 1.165) is 0 Å². The van der Waals surface area contributed by atoms with Crippen molar-refractivity contribution in [3.05, 3.63) is 12.2 Å². The second-order valence-corrected chi connectivity index (χ2v) is 5.19. The number of amides is 1. The van der Waals surface area contributed by atoms with Crippen molar-refractivity contribution in [3.63, 3.8) is 0 Å². The van der Waals surface area contributed by atoms with Gasteiger partial charge in [0.1, 0.15) is 0 Å². The Balaban J connectivity index is 0.00000400. The Bertz CT molecular complexity index is 386. The van der Waals surface area contributed by atoms with Crippen LogP contribution in [0, 0.1) is 5.92 Å². The van der Waals surface area contributed by atoms with E-state index < -0.39 is 24.2 Å². The Labute approximate surface area is 125 Å². The van der Waals surface area contributed by atoms with Gasteiger partial charge < -0.3 is 31.8 Å². The van der Waals surface area contributed by atoms with E-state index in [-0.39, 0.29) is 24.0 Å². The highest BCUT2D eigenvalue weighted by atomic mass is 16.4. The zero-order chi connectivity index (χ0) is 15.3. The number of quaternary nitrogens is 1. The SMILES string of the molecule is C/C=C\[C@@H]1C[C@H](C(=O)[O-])N[C@H]1[C@H](NC(C)=O)C(O)CC.[NH4+]. The summed E-state index contributed by atoms with van der Waals surface area (Å²) in [5, 5.41) is 26.8. The van der Waals surface area contributed by atoms with Crippen LogP contribution in [0.1, 0.15) is 33.6 Å². The molecule has 5 atom stereocenters. The molecule has 0 aromatic rings. The number of hydrogen-bond acceptors (Lipinski definition) is 5. The Morgan fingerprint density at radius 2 is 2.14 bits per heavy atom. The van der Waals surface area contributed by atoms with E-state index in [0.29, 0.717) is 12.8 Å². The Kier molecular flexibility index (Phi) is 8.16. The molecular formula is C14H27N3O4. The first-order valence-electron chi connectivity index (χ1n) is 6.95. The van der Waals surface area contributed by atoms with Crippen LogP contribution in [0.5, 0.6) is 0 Å². The normalized spacial score (nSPS) is 27.9. The van der Waals surface area contributed by atoms with Gasteiger partial charge in [-0.3, -0.25) is 4.79 Å². The Hall–Kier alpha value is -1.44. The molecular weight excluding hydrogens is 274 g/mol. The molecule has 1 fully saturated rings. The summed E-state index contributed by atoms with van der Waals surface area (Å²) >= 11 is 0. The van der Waals surface area contributed by atoms with Crippen LogP contribution in [0.15, 0.2) is 12.2 Å². The van der Waals surface area contributed by atoms with Crippen LogP contribution in [0.3, 0.4) is 0 Å². The fourth-order valence-electron chi connectivity index (χ4n) is 2.74. The van der Waals surface area contributed by atoms with Crippen molar-refractivity contribution in [2.75, 3.05) is 0 Å². The minimum atomic E-state index is -1.16. The molecule has 1 heterocycles. The van der Waals surface area contributed by atoms with Gasteiger partial charge in [0, 0.05) is 19.0 Å². The Morgan fingerprint density at radius 1 is 1.52 bits per heavy atom. The van der Waals surface area contributed by atoms with Gasteiger partial charge in [-0.2, -0.15) is 0 Å². The molecule has 0 aliphatic carbocycles. The third-order valence-electron chi connectivity index (χ3n) is 3.68. The van der Waals surface area contributed by atoms with Gasteiger partial charge in [-0.05, 0) is 25.7 Å². The van der Waals surface area contributed by atoms with E-state index >= 15 is 0 Å². The van der Waals surface area contributed by atoms with Crippen molar-refractivity contribution in [2.24, 2.45) is 5.92 Å². The first kappa shape index (κ1) is 19.6. The number of aliphatic hydroxyl groups is 1. The molecule has 7 heteroatoms. The molecule has 1 unspecified atom stereocenters. The number of carboxylic acid groups (broad SMARTS) is 1. The molecule has 122 valence electrons. The summed E-state index contributed by atoms with van der Waals surface area (Å²) in [5.74, 6) is -1.48. The van der Waals surface area contributed by atoms with Gasteiger partial charge in [0.05, 0.1) is 18.1 Å². The number of allylic oxidation sites excluding steroid dienone is 1. The van der Waals surface area contributed by atoms with Gasteiger partial charge in [0.15, 0.2) is 0 Å². The molecule has 0 radical (unpaired) electrons. The summed E-state index contributed by atoms with van der Waals surface area (Å²) < 4.78 is 0. The van der Waals surface area contributed by atoms with Crippen LogP contribution in [-0.4, -0.2) is 41.2 Å². The lowest BCUT2D eigenvalue weighted by atomic mass is 9.89. The number of aliphatic carboxylic acids is 1. The monoisotopic (exact) mass is 301 g/mol. The van der Waals surface area contributed by atoms with E-state index in [2.05, 4.69) is 10.6 Å². The van der Waals surface area contributed by atoms with Crippen LogP contribution in [-0.2, 0) is 9.59 Å². The highest BCUT2D eigenvalue weighted by Crippen LogP contribution is 2.26. The second-order valence-electron chi connectivity index (χ2n) is 5.19. The van der Waals surface area contributed by atoms with Crippen molar-refractivity contribution >= 4 is 11.9 Å². The molecule has 0 bridgehead atoms. The number of carboxylic acids is 1. The smallest absolute Gasteiger partial charge is 0.217 e. The third-order valence-corrected chi connectivity index (χ3v) is 3.68. The van der Waals surface area contributed by atoms with Crippen molar-refractivity contribution in [1.29, 1.82) is 0 Å². The topological polar surface area (TPSA) is 138 Å². The first-order valence-corrected chi connectivity index (χ1v) is 6.95. The summed E-state index contributed by atoms with van der Waals surface area (Å²) in [5.41, 5.74) is 0. The lowest BCUT2D eigenvalue weighted by Gasteiger charge is -2.31. The van der Waals surface area contributed by atoms with Gasteiger partial charge in [-0.25, -0.2) is 0 Å². The van der Waals surface area contributed by atoms with Crippen LogP contribution >= 0.6 is 0 Å². The first-order chi connectivity index (χ1) is 9.40. The maximum atomic E-state index is 11.3. The van der Waals surface area contributed by atoms with Gasteiger partial charge in [-0.1, -0.05) is 19.1 Å². The highest BCUT2D eigenvalue weighted by molar-refractivity contribution is 5.74. The van der Waals surface area contributed by atoms with E-state index in [1.165, 1.54) is 6.92 Å². The maximum absolute atomic E-state index is 11.3. The number of carbonyl (C=O) groups excluding carboxylic acids is 2. The molecule has 1 amide bonds. The number of carbonyl (C=O) groups is 2. The lowest BCUT2D eigenvalue weighted by Crippen LogP contribution is -2.57. The molecule has 1 saturated heterocycles. The number of nitrogens with one attached hydrogen (secondary N) is 2. The van der Waals surface area contributed by atoms with Crippen LogP contribution in [0.2, 0.25) is 0 Å². The number of hydrogen-bond donors (Lipinski definition) is 4. The zero-order valence-electron chi connectivity index (χ0n) is 13.1. The van der Waals surface area contributed by atoms with E-state index in [9.17, 15) is 19.8 Å². The van der Waals surface area contributed by atoms with E-state index in [1.807, 2.05) is 26.0 Å². The summed E-state index contributed by atoms with van der Waals surface area (Å²) in [7, 11) is 0. The summed E-state index contributed by atoms with van der Waals surface area (Å²) in [6.45, 7) is 5.05. The zero-order valence-corrected chi connectivity index (χ0v) is 13.1. The average Bonchev–Trinajstić information content (AvgIpc) is 2.79. The fourth-order valence-corrected chi connectivity index (χ4v) is 2.74. The van der Waals surface area contributed by atoms with Crippen molar-refractivity contribution in [1.82, 2.24) is 16.8 Å². The molecule has 0 saturated carbocycles. The van der Waals surface area contributed by atoms with E-state index in [4.69, 9.17) is 0 Å². The van der Waals surface area contributed by atoms with E-state index in [1.54, 1.807) is 0 Å². The largest absolute Gasteiger partial charge is 0.548 e. The fraction of sp³-hybridized carbons (Fsp3) is 0.714. The summed E-state index contributed by atoms with van der Waals surface area (Å²) in [6, 6.07) is -1.61. The standard InChI is InChI=1S/C14H24N2O4.H3N/c1-4-6-9-7-10(14(19)20)16-12(9)13(11(18)5-2)15-8(3)17;/h4,6,9-13,16,18H,5,7H2,1-3H3,(H,15,17)(H,19,20);1H3/b6-4-;/t9-,10-,11?,12-,13-;/m1./s1.